The second kappa shape index (κ2) is 9.24. The zero-order valence-electron chi connectivity index (χ0n) is 13.8. The van der Waals surface area contributed by atoms with Crippen LogP contribution < -0.4 is 10.2 Å². The highest BCUT2D eigenvalue weighted by molar-refractivity contribution is 14.0. The van der Waals surface area contributed by atoms with Gasteiger partial charge < -0.3 is 15.1 Å². The number of hydrogen-bond donors (Lipinski definition) is 1. The molecule has 0 spiro atoms. The second-order valence-electron chi connectivity index (χ2n) is 6.08. The number of aliphatic imine (C=N–C) groups is 1. The molecule has 7 heteroatoms. The second-order valence-corrected chi connectivity index (χ2v) is 6.08. The molecule has 128 valence electrons. The van der Waals surface area contributed by atoms with Gasteiger partial charge in [-0.05, 0) is 24.8 Å². The number of guanidine groups is 1. The summed E-state index contributed by atoms with van der Waals surface area (Å²) in [4.78, 5) is 17.6. The van der Waals surface area contributed by atoms with Gasteiger partial charge in [-0.3, -0.25) is 4.99 Å². The van der Waals surface area contributed by atoms with E-state index in [0.29, 0.717) is 0 Å². The van der Waals surface area contributed by atoms with Crippen molar-refractivity contribution in [2.75, 3.05) is 44.7 Å². The van der Waals surface area contributed by atoms with Crippen LogP contribution in [-0.2, 0) is 0 Å². The molecule has 1 saturated heterocycles. The molecule has 0 bridgehead atoms. The van der Waals surface area contributed by atoms with Gasteiger partial charge in [0.15, 0.2) is 5.96 Å². The zero-order valence-corrected chi connectivity index (χ0v) is 16.1. The fraction of sp³-hybridized carbons (Fsp3) is 0.688. The largest absolute Gasteiger partial charge is 0.356 e. The van der Waals surface area contributed by atoms with E-state index in [-0.39, 0.29) is 24.0 Å². The Morgan fingerprint density at radius 2 is 1.91 bits per heavy atom. The summed E-state index contributed by atoms with van der Waals surface area (Å²) < 4.78 is 0. The van der Waals surface area contributed by atoms with Crippen LogP contribution >= 0.6 is 24.0 Å². The van der Waals surface area contributed by atoms with Crippen LogP contribution in [0.1, 0.15) is 25.7 Å². The average Bonchev–Trinajstić information content (AvgIpc) is 3.40. The van der Waals surface area contributed by atoms with Crippen molar-refractivity contribution >= 4 is 35.9 Å². The lowest BCUT2D eigenvalue weighted by Crippen LogP contribution is -2.53. The fourth-order valence-electron chi connectivity index (χ4n) is 2.90. The Morgan fingerprint density at radius 1 is 1.22 bits per heavy atom. The number of aromatic nitrogens is 2. The normalized spacial score (nSPS) is 18.6. The summed E-state index contributed by atoms with van der Waals surface area (Å²) in [5.41, 5.74) is 0. The number of anilines is 1. The number of piperazine rings is 1. The van der Waals surface area contributed by atoms with Gasteiger partial charge in [0.2, 0.25) is 5.95 Å². The van der Waals surface area contributed by atoms with Crippen LogP contribution in [0.25, 0.3) is 0 Å². The minimum atomic E-state index is 0. The first-order valence-corrected chi connectivity index (χ1v) is 8.34. The highest BCUT2D eigenvalue weighted by Crippen LogP contribution is 2.33. The number of hydrogen-bond acceptors (Lipinski definition) is 4. The molecule has 0 aromatic carbocycles. The van der Waals surface area contributed by atoms with Gasteiger partial charge >= 0.3 is 0 Å². The van der Waals surface area contributed by atoms with Gasteiger partial charge in [-0.2, -0.15) is 0 Å². The van der Waals surface area contributed by atoms with Crippen molar-refractivity contribution in [1.29, 1.82) is 0 Å². The molecule has 0 radical (unpaired) electrons. The number of halogens is 1. The number of nitrogens with one attached hydrogen (secondary N) is 1. The quantitative estimate of drug-likeness (QED) is 0.335. The molecule has 1 aromatic rings. The average molecular weight is 430 g/mol. The molecule has 23 heavy (non-hydrogen) atoms. The Labute approximate surface area is 155 Å². The topological polar surface area (TPSA) is 56.7 Å². The molecular formula is C16H27IN6. The maximum atomic E-state index is 4.42. The molecule has 1 saturated carbocycles. The van der Waals surface area contributed by atoms with Crippen molar-refractivity contribution in [3.05, 3.63) is 18.5 Å². The molecule has 3 rings (SSSR count). The van der Waals surface area contributed by atoms with Crippen molar-refractivity contribution < 1.29 is 0 Å². The molecule has 0 unspecified atom stereocenters. The molecule has 1 aliphatic carbocycles. The first kappa shape index (κ1) is 18.2. The van der Waals surface area contributed by atoms with E-state index in [1.807, 2.05) is 13.1 Å². The summed E-state index contributed by atoms with van der Waals surface area (Å²) >= 11 is 0. The van der Waals surface area contributed by atoms with E-state index in [1.54, 1.807) is 12.4 Å². The van der Waals surface area contributed by atoms with E-state index in [0.717, 1.165) is 50.5 Å². The van der Waals surface area contributed by atoms with Crippen molar-refractivity contribution in [3.8, 4) is 0 Å². The summed E-state index contributed by atoms with van der Waals surface area (Å²) in [6, 6.07) is 1.85. The standard InChI is InChI=1S/C16H26N6.HI/c1-17-15(18-7-2-4-14-5-6-14)21-10-12-22(13-11-21)16-19-8-3-9-20-16;/h3,8-9,14H,2,4-7,10-13H2,1H3,(H,17,18);1H. The highest BCUT2D eigenvalue weighted by Gasteiger charge is 2.22. The summed E-state index contributed by atoms with van der Waals surface area (Å²) in [6.45, 7) is 4.83. The molecule has 1 N–H and O–H groups in total. The van der Waals surface area contributed by atoms with Crippen LogP contribution in [-0.4, -0.2) is 60.6 Å². The summed E-state index contributed by atoms with van der Waals surface area (Å²) in [7, 11) is 1.87. The minimum absolute atomic E-state index is 0. The first-order valence-electron chi connectivity index (χ1n) is 8.34. The van der Waals surface area contributed by atoms with E-state index in [4.69, 9.17) is 0 Å². The predicted molar refractivity (Wildman–Crippen MR) is 105 cm³/mol. The lowest BCUT2D eigenvalue weighted by molar-refractivity contribution is 0.369. The molecule has 1 aromatic heterocycles. The van der Waals surface area contributed by atoms with Crippen LogP contribution in [0.5, 0.6) is 0 Å². The minimum Gasteiger partial charge on any atom is -0.356 e. The molecule has 1 aliphatic heterocycles. The zero-order chi connectivity index (χ0) is 15.2. The fourth-order valence-corrected chi connectivity index (χ4v) is 2.90. The lowest BCUT2D eigenvalue weighted by Gasteiger charge is -2.36. The molecular weight excluding hydrogens is 403 g/mol. The molecule has 2 fully saturated rings. The Kier molecular flexibility index (Phi) is 7.32. The van der Waals surface area contributed by atoms with E-state index in [1.165, 1.54) is 25.7 Å². The molecule has 6 nitrogen and oxygen atoms in total. The monoisotopic (exact) mass is 430 g/mol. The van der Waals surface area contributed by atoms with Gasteiger partial charge in [-0.15, -0.1) is 24.0 Å². The smallest absolute Gasteiger partial charge is 0.225 e. The Hall–Kier alpha value is -1.12. The summed E-state index contributed by atoms with van der Waals surface area (Å²) in [5.74, 6) is 2.87. The van der Waals surface area contributed by atoms with Gasteiger partial charge in [-0.25, -0.2) is 9.97 Å². The van der Waals surface area contributed by atoms with Crippen molar-refractivity contribution in [2.24, 2.45) is 10.9 Å². The third-order valence-electron chi connectivity index (χ3n) is 4.40. The van der Waals surface area contributed by atoms with Gasteiger partial charge in [0.05, 0.1) is 0 Å². The predicted octanol–water partition coefficient (Wildman–Crippen LogP) is 1.98. The Morgan fingerprint density at radius 3 is 2.52 bits per heavy atom. The third kappa shape index (κ3) is 5.47. The third-order valence-corrected chi connectivity index (χ3v) is 4.40. The summed E-state index contributed by atoms with van der Waals surface area (Å²) in [5, 5.41) is 3.50. The molecule has 2 heterocycles. The molecule has 0 amide bonds. The van der Waals surface area contributed by atoms with Crippen molar-refractivity contribution in [2.45, 2.75) is 25.7 Å². The van der Waals surface area contributed by atoms with Crippen LogP contribution in [0, 0.1) is 5.92 Å². The van der Waals surface area contributed by atoms with Crippen LogP contribution in [0.4, 0.5) is 5.95 Å². The van der Waals surface area contributed by atoms with Crippen molar-refractivity contribution in [1.82, 2.24) is 20.2 Å². The van der Waals surface area contributed by atoms with Gasteiger partial charge in [0.1, 0.15) is 0 Å². The van der Waals surface area contributed by atoms with E-state index < -0.39 is 0 Å². The van der Waals surface area contributed by atoms with Crippen LogP contribution in [0.2, 0.25) is 0 Å². The number of nitrogens with zero attached hydrogens (tertiary/aromatic N) is 5. The SMILES string of the molecule is CN=C(NCCCC1CC1)N1CCN(c2ncccn2)CC1.I. The van der Waals surface area contributed by atoms with Gasteiger partial charge in [0.25, 0.3) is 0 Å². The van der Waals surface area contributed by atoms with Crippen molar-refractivity contribution in [3.63, 3.8) is 0 Å². The van der Waals surface area contributed by atoms with E-state index >= 15 is 0 Å². The van der Waals surface area contributed by atoms with Gasteiger partial charge in [0, 0.05) is 52.2 Å². The Bertz CT molecular complexity index is 483. The molecule has 0 atom stereocenters. The van der Waals surface area contributed by atoms with Gasteiger partial charge in [-0.1, -0.05) is 12.8 Å². The van der Waals surface area contributed by atoms with E-state index in [2.05, 4.69) is 30.1 Å². The van der Waals surface area contributed by atoms with Crippen LogP contribution in [0.15, 0.2) is 23.5 Å². The van der Waals surface area contributed by atoms with Crippen LogP contribution in [0.3, 0.4) is 0 Å². The maximum Gasteiger partial charge on any atom is 0.225 e. The van der Waals surface area contributed by atoms with E-state index in [9.17, 15) is 0 Å². The summed E-state index contributed by atoms with van der Waals surface area (Å²) in [6.07, 6.45) is 9.10. The lowest BCUT2D eigenvalue weighted by atomic mass is 10.2. The molecule has 2 aliphatic rings. The maximum absolute atomic E-state index is 4.42. The first-order chi connectivity index (χ1) is 10.9. The Balaban J connectivity index is 0.00000192. The highest BCUT2D eigenvalue weighted by atomic mass is 127. The number of rotatable bonds is 5.